The maximum absolute atomic E-state index is 17.2. The summed E-state index contributed by atoms with van der Waals surface area (Å²) >= 11 is 0. The van der Waals surface area contributed by atoms with Crippen LogP contribution in [0, 0.1) is 28.6 Å². The van der Waals surface area contributed by atoms with Gasteiger partial charge in [-0.3, -0.25) is 14.4 Å². The molecule has 6 nitrogen and oxygen atoms in total. The molecule has 0 amide bonds. The second-order valence-electron chi connectivity index (χ2n) is 10.5. The molecular weight excluding hydrogens is 415 g/mol. The number of hydrogen-bond donors (Lipinski definition) is 2. The van der Waals surface area contributed by atoms with Gasteiger partial charge in [0.2, 0.25) is 5.78 Å². The molecule has 0 aromatic carbocycles. The fourth-order valence-corrected chi connectivity index (χ4v) is 7.77. The van der Waals surface area contributed by atoms with Gasteiger partial charge in [0.05, 0.1) is 6.10 Å². The average molecular weight is 449 g/mol. The molecule has 2 N–H and O–H groups in total. The summed E-state index contributed by atoms with van der Waals surface area (Å²) in [4.78, 5) is 37.5. The largest absolute Gasteiger partial charge is 0.450 e. The molecule has 0 unspecified atom stereocenters. The summed E-state index contributed by atoms with van der Waals surface area (Å²) in [5.41, 5.74) is -5.10. The lowest BCUT2D eigenvalue weighted by molar-refractivity contribution is -0.228. The van der Waals surface area contributed by atoms with Crippen molar-refractivity contribution in [2.75, 3.05) is 6.61 Å². The van der Waals surface area contributed by atoms with Gasteiger partial charge in [-0.25, -0.2) is 4.39 Å². The highest BCUT2D eigenvalue weighted by atomic mass is 19.1. The SMILES string of the molecule is CCC(=O)O[C@]1(C(=O)CO)[C@H](C)C[C@H]2[C@H]3CCC4=CC(=O)C=C[C@]4(C)[C@@]3(F)[C@@H](O)C[C@@]21C. The van der Waals surface area contributed by atoms with Crippen molar-refractivity contribution in [2.45, 2.75) is 77.2 Å². The van der Waals surface area contributed by atoms with Crippen LogP contribution in [0.25, 0.3) is 0 Å². The van der Waals surface area contributed by atoms with Gasteiger partial charge in [0, 0.05) is 29.1 Å². The lowest BCUT2D eigenvalue weighted by Crippen LogP contribution is -2.70. The van der Waals surface area contributed by atoms with Crippen LogP contribution >= 0.6 is 0 Å². The number of carbonyl (C=O) groups excluding carboxylic acids is 3. The zero-order chi connectivity index (χ0) is 23.7. The summed E-state index contributed by atoms with van der Waals surface area (Å²) in [5.74, 6) is -2.69. The predicted octanol–water partition coefficient (Wildman–Crippen LogP) is 2.86. The molecule has 0 heterocycles. The summed E-state index contributed by atoms with van der Waals surface area (Å²) in [6, 6.07) is 0. The van der Waals surface area contributed by atoms with E-state index in [9.17, 15) is 24.6 Å². The minimum Gasteiger partial charge on any atom is -0.450 e. The molecule has 0 saturated heterocycles. The Morgan fingerprint density at radius 3 is 2.59 bits per heavy atom. The van der Waals surface area contributed by atoms with Gasteiger partial charge in [0.15, 0.2) is 17.1 Å². The van der Waals surface area contributed by atoms with Gasteiger partial charge >= 0.3 is 5.97 Å². The van der Waals surface area contributed by atoms with Crippen LogP contribution in [0.15, 0.2) is 23.8 Å². The van der Waals surface area contributed by atoms with E-state index in [1.54, 1.807) is 33.8 Å². The van der Waals surface area contributed by atoms with Gasteiger partial charge in [-0.15, -0.1) is 0 Å². The van der Waals surface area contributed by atoms with E-state index in [1.165, 1.54) is 12.2 Å². The monoisotopic (exact) mass is 448 g/mol. The van der Waals surface area contributed by atoms with Crippen LogP contribution in [-0.4, -0.2) is 51.7 Å². The zero-order valence-electron chi connectivity index (χ0n) is 19.2. The number of aliphatic hydroxyl groups is 2. The lowest BCUT2D eigenvalue weighted by atomic mass is 9.44. The number of aliphatic hydroxyl groups excluding tert-OH is 2. The summed E-state index contributed by atoms with van der Waals surface area (Å²) in [6.45, 7) is 6.19. The summed E-state index contributed by atoms with van der Waals surface area (Å²) in [6.07, 6.45) is 4.38. The third kappa shape index (κ3) is 2.61. The molecule has 0 aromatic rings. The first-order valence-corrected chi connectivity index (χ1v) is 11.6. The van der Waals surface area contributed by atoms with E-state index < -0.39 is 58.4 Å². The van der Waals surface area contributed by atoms with Gasteiger partial charge in [-0.1, -0.05) is 32.4 Å². The molecule has 32 heavy (non-hydrogen) atoms. The Bertz CT molecular complexity index is 925. The van der Waals surface area contributed by atoms with Gasteiger partial charge in [0.25, 0.3) is 0 Å². The molecule has 4 aliphatic rings. The topological polar surface area (TPSA) is 101 Å². The Morgan fingerprint density at radius 1 is 1.28 bits per heavy atom. The number of rotatable bonds is 4. The van der Waals surface area contributed by atoms with Crippen molar-refractivity contribution in [3.8, 4) is 0 Å². The first-order valence-electron chi connectivity index (χ1n) is 11.6. The second-order valence-corrected chi connectivity index (χ2v) is 10.5. The number of fused-ring (bicyclic) bond motifs is 5. The van der Waals surface area contributed by atoms with Crippen LogP contribution < -0.4 is 0 Å². The van der Waals surface area contributed by atoms with Gasteiger partial charge < -0.3 is 14.9 Å². The number of halogens is 1. The third-order valence-corrected chi connectivity index (χ3v) is 9.30. The van der Waals surface area contributed by atoms with Gasteiger partial charge in [-0.2, -0.15) is 0 Å². The Hall–Kier alpha value is -1.86. The van der Waals surface area contributed by atoms with Crippen molar-refractivity contribution >= 4 is 17.5 Å². The first-order chi connectivity index (χ1) is 14.9. The normalized spacial score (nSPS) is 47.2. The molecule has 0 aliphatic heterocycles. The summed E-state index contributed by atoms with van der Waals surface area (Å²) in [5, 5.41) is 21.2. The van der Waals surface area contributed by atoms with E-state index in [2.05, 4.69) is 0 Å². The fraction of sp³-hybridized carbons (Fsp3) is 0.720. The number of carbonyl (C=O) groups is 3. The predicted molar refractivity (Wildman–Crippen MR) is 114 cm³/mol. The number of esters is 1. The van der Waals surface area contributed by atoms with Crippen molar-refractivity contribution < 1.29 is 33.7 Å². The van der Waals surface area contributed by atoms with E-state index in [4.69, 9.17) is 4.74 Å². The Morgan fingerprint density at radius 2 is 1.97 bits per heavy atom. The molecule has 4 aliphatic carbocycles. The molecule has 8 atom stereocenters. The Balaban J connectivity index is 1.85. The molecular formula is C25H33FO6. The van der Waals surface area contributed by atoms with Crippen LogP contribution in [0.1, 0.15) is 59.8 Å². The van der Waals surface area contributed by atoms with Gasteiger partial charge in [-0.05, 0) is 50.7 Å². The van der Waals surface area contributed by atoms with Crippen LogP contribution in [0.5, 0.6) is 0 Å². The molecule has 176 valence electrons. The number of hydrogen-bond acceptors (Lipinski definition) is 6. The highest BCUT2D eigenvalue weighted by molar-refractivity contribution is 6.01. The summed E-state index contributed by atoms with van der Waals surface area (Å²) < 4.78 is 23.0. The van der Waals surface area contributed by atoms with E-state index >= 15 is 4.39 Å². The van der Waals surface area contributed by atoms with Crippen molar-refractivity contribution in [2.24, 2.45) is 28.6 Å². The van der Waals surface area contributed by atoms with Crippen LogP contribution in [-0.2, 0) is 19.1 Å². The lowest BCUT2D eigenvalue weighted by Gasteiger charge is -2.62. The van der Waals surface area contributed by atoms with Crippen LogP contribution in [0.4, 0.5) is 4.39 Å². The second kappa shape index (κ2) is 7.32. The number of ketones is 2. The standard InChI is InChI=1S/C25H33FO6/c1-5-21(31)32-25(20(30)13-27)14(2)10-18-17-7-6-15-11-16(28)8-9-22(15,3)24(17,26)19(29)12-23(18,25)4/h8-9,11,14,17-19,27,29H,5-7,10,12-13H2,1-4H3/t14-,17-,18+,19+,22+,23+,24+,25+/m1/s1. The van der Waals surface area contributed by atoms with Crippen LogP contribution in [0.3, 0.4) is 0 Å². The first kappa shape index (κ1) is 23.3. The number of ether oxygens (including phenoxy) is 1. The van der Waals surface area contributed by atoms with Crippen LogP contribution in [0.2, 0.25) is 0 Å². The number of allylic oxidation sites excluding steroid dienone is 4. The van der Waals surface area contributed by atoms with Crippen molar-refractivity contribution in [1.29, 1.82) is 0 Å². The molecule has 0 radical (unpaired) electrons. The molecule has 4 rings (SSSR count). The molecule has 0 spiro atoms. The highest BCUT2D eigenvalue weighted by Gasteiger charge is 2.77. The fourth-order valence-electron chi connectivity index (χ4n) is 7.77. The van der Waals surface area contributed by atoms with E-state index in [0.717, 1.165) is 0 Å². The maximum atomic E-state index is 17.2. The number of Topliss-reactive ketones (excluding diaryl/α,β-unsaturated/α-hetero) is 1. The smallest absolute Gasteiger partial charge is 0.306 e. The maximum Gasteiger partial charge on any atom is 0.306 e. The third-order valence-electron chi connectivity index (χ3n) is 9.30. The van der Waals surface area contributed by atoms with Crippen molar-refractivity contribution in [3.05, 3.63) is 23.8 Å². The molecule has 7 heteroatoms. The zero-order valence-corrected chi connectivity index (χ0v) is 19.2. The summed E-state index contributed by atoms with van der Waals surface area (Å²) in [7, 11) is 0. The van der Waals surface area contributed by atoms with E-state index in [-0.39, 0.29) is 24.5 Å². The van der Waals surface area contributed by atoms with E-state index in [1.807, 2.05) is 0 Å². The van der Waals surface area contributed by atoms with Crippen molar-refractivity contribution in [1.82, 2.24) is 0 Å². The molecule has 0 aromatic heterocycles. The van der Waals surface area contributed by atoms with Crippen molar-refractivity contribution in [3.63, 3.8) is 0 Å². The van der Waals surface area contributed by atoms with E-state index in [0.29, 0.717) is 24.8 Å². The molecule has 3 fully saturated rings. The molecule has 3 saturated carbocycles. The number of alkyl halides is 1. The average Bonchev–Trinajstić information content (AvgIpc) is 2.96. The minimum atomic E-state index is -2.02. The molecule has 0 bridgehead atoms. The highest BCUT2D eigenvalue weighted by Crippen LogP contribution is 2.71. The Kier molecular flexibility index (Phi) is 5.33. The Labute approximate surface area is 187 Å². The minimum absolute atomic E-state index is 0.0675. The van der Waals surface area contributed by atoms with Gasteiger partial charge in [0.1, 0.15) is 6.61 Å². The quantitative estimate of drug-likeness (QED) is 0.642.